The fourth-order valence-corrected chi connectivity index (χ4v) is 2.81. The van der Waals surface area contributed by atoms with Gasteiger partial charge in [-0.2, -0.15) is 0 Å². The molecule has 0 aliphatic carbocycles. The number of ether oxygens (including phenoxy) is 1. The lowest BCUT2D eigenvalue weighted by Crippen LogP contribution is -2.32. The molecule has 0 bridgehead atoms. The maximum absolute atomic E-state index is 12.5. The Hall–Kier alpha value is -2.21. The van der Waals surface area contributed by atoms with Gasteiger partial charge in [-0.1, -0.05) is 36.8 Å². The van der Waals surface area contributed by atoms with E-state index in [1.807, 2.05) is 30.3 Å². The van der Waals surface area contributed by atoms with Gasteiger partial charge in [-0.25, -0.2) is 4.68 Å². The average Bonchev–Trinajstić information content (AvgIpc) is 3.23. The van der Waals surface area contributed by atoms with E-state index in [1.165, 1.54) is 0 Å². The lowest BCUT2D eigenvalue weighted by molar-refractivity contribution is 0.0853. The number of hydrogen-bond acceptors (Lipinski definition) is 4. The third-order valence-corrected chi connectivity index (χ3v) is 3.98. The minimum absolute atomic E-state index is 0.123. The number of nitrogens with one attached hydrogen (secondary N) is 1. The molecule has 23 heavy (non-hydrogen) atoms. The van der Waals surface area contributed by atoms with Crippen molar-refractivity contribution in [1.29, 1.82) is 0 Å². The summed E-state index contributed by atoms with van der Waals surface area (Å²) < 4.78 is 7.29. The average molecular weight is 314 g/mol. The molecule has 1 atom stereocenters. The van der Waals surface area contributed by atoms with Gasteiger partial charge in [0.2, 0.25) is 0 Å². The van der Waals surface area contributed by atoms with Crippen LogP contribution in [0.3, 0.4) is 0 Å². The molecule has 122 valence electrons. The van der Waals surface area contributed by atoms with E-state index in [0.29, 0.717) is 12.2 Å². The van der Waals surface area contributed by atoms with Crippen molar-refractivity contribution in [1.82, 2.24) is 20.3 Å². The molecule has 0 saturated carbocycles. The Morgan fingerprint density at radius 2 is 2.22 bits per heavy atom. The minimum Gasteiger partial charge on any atom is -0.376 e. The Morgan fingerprint density at radius 1 is 1.39 bits per heavy atom. The highest BCUT2D eigenvalue weighted by molar-refractivity contribution is 5.93. The van der Waals surface area contributed by atoms with Crippen LogP contribution in [-0.4, -0.2) is 40.2 Å². The second-order valence-corrected chi connectivity index (χ2v) is 5.73. The van der Waals surface area contributed by atoms with Crippen molar-refractivity contribution in [3.05, 3.63) is 41.7 Å². The molecule has 1 aromatic carbocycles. The van der Waals surface area contributed by atoms with Crippen LogP contribution in [0.5, 0.6) is 0 Å². The van der Waals surface area contributed by atoms with Crippen LogP contribution in [0.25, 0.3) is 5.69 Å². The van der Waals surface area contributed by atoms with Gasteiger partial charge < -0.3 is 10.1 Å². The Balaban J connectivity index is 1.78. The van der Waals surface area contributed by atoms with Crippen LogP contribution in [-0.2, 0) is 11.2 Å². The van der Waals surface area contributed by atoms with Gasteiger partial charge in [0.1, 0.15) is 0 Å². The van der Waals surface area contributed by atoms with Crippen molar-refractivity contribution in [2.75, 3.05) is 13.2 Å². The standard InChI is InChI=1S/C17H22N4O2/c1-2-7-15-16(17(22)18-12-14-10-6-11-23-14)19-20-21(15)13-8-4-3-5-9-13/h3-5,8-9,14H,2,6-7,10-12H2,1H3,(H,18,22)/t14-/m0/s1. The summed E-state index contributed by atoms with van der Waals surface area (Å²) in [5.74, 6) is -0.175. The largest absolute Gasteiger partial charge is 0.376 e. The van der Waals surface area contributed by atoms with Crippen molar-refractivity contribution in [2.24, 2.45) is 0 Å². The zero-order valence-corrected chi connectivity index (χ0v) is 13.4. The van der Waals surface area contributed by atoms with Gasteiger partial charge in [0.15, 0.2) is 5.69 Å². The summed E-state index contributed by atoms with van der Waals surface area (Å²) in [7, 11) is 0. The van der Waals surface area contributed by atoms with Crippen LogP contribution in [0.1, 0.15) is 42.4 Å². The number of nitrogens with zero attached hydrogens (tertiary/aromatic N) is 3. The van der Waals surface area contributed by atoms with E-state index in [0.717, 1.165) is 43.7 Å². The number of para-hydroxylation sites is 1. The van der Waals surface area contributed by atoms with E-state index in [1.54, 1.807) is 4.68 Å². The number of rotatable bonds is 6. The topological polar surface area (TPSA) is 69.0 Å². The van der Waals surface area contributed by atoms with Crippen LogP contribution in [0.4, 0.5) is 0 Å². The molecule has 6 heteroatoms. The van der Waals surface area contributed by atoms with Gasteiger partial charge in [-0.15, -0.1) is 5.10 Å². The van der Waals surface area contributed by atoms with Crippen molar-refractivity contribution in [3.8, 4) is 5.69 Å². The predicted molar refractivity (Wildman–Crippen MR) is 86.7 cm³/mol. The molecule has 1 saturated heterocycles. The zero-order chi connectivity index (χ0) is 16.1. The normalized spacial score (nSPS) is 17.3. The van der Waals surface area contributed by atoms with Crippen LogP contribution >= 0.6 is 0 Å². The van der Waals surface area contributed by atoms with Gasteiger partial charge in [-0.3, -0.25) is 4.79 Å². The Kier molecular flexibility index (Phi) is 5.02. The molecule has 2 heterocycles. The third kappa shape index (κ3) is 3.59. The van der Waals surface area contributed by atoms with Gasteiger partial charge >= 0.3 is 0 Å². The molecular weight excluding hydrogens is 292 g/mol. The fourth-order valence-electron chi connectivity index (χ4n) is 2.81. The summed E-state index contributed by atoms with van der Waals surface area (Å²) in [5, 5.41) is 11.2. The van der Waals surface area contributed by atoms with Crippen LogP contribution in [0, 0.1) is 0 Å². The SMILES string of the molecule is CCCc1c(C(=O)NC[C@@H]2CCCO2)nnn1-c1ccccc1. The monoisotopic (exact) mass is 314 g/mol. The first-order valence-electron chi connectivity index (χ1n) is 8.19. The number of benzene rings is 1. The van der Waals surface area contributed by atoms with Gasteiger partial charge in [0, 0.05) is 13.2 Å². The molecule has 1 aromatic heterocycles. The molecule has 0 radical (unpaired) electrons. The van der Waals surface area contributed by atoms with Crippen LogP contribution in [0.2, 0.25) is 0 Å². The van der Waals surface area contributed by atoms with Crippen LogP contribution in [0.15, 0.2) is 30.3 Å². The van der Waals surface area contributed by atoms with E-state index in [9.17, 15) is 4.79 Å². The Bertz CT molecular complexity index is 648. The number of hydrogen-bond donors (Lipinski definition) is 1. The summed E-state index contributed by atoms with van der Waals surface area (Å²) >= 11 is 0. The van der Waals surface area contributed by atoms with Gasteiger partial charge in [0.05, 0.1) is 17.5 Å². The molecule has 2 aromatic rings. The molecule has 3 rings (SSSR count). The van der Waals surface area contributed by atoms with Crippen molar-refractivity contribution in [3.63, 3.8) is 0 Å². The second-order valence-electron chi connectivity index (χ2n) is 5.73. The van der Waals surface area contributed by atoms with Crippen molar-refractivity contribution < 1.29 is 9.53 Å². The van der Waals surface area contributed by atoms with E-state index in [-0.39, 0.29) is 12.0 Å². The smallest absolute Gasteiger partial charge is 0.273 e. The molecule has 0 spiro atoms. The molecule has 1 aliphatic heterocycles. The van der Waals surface area contributed by atoms with Crippen molar-refractivity contribution >= 4 is 5.91 Å². The highest BCUT2D eigenvalue weighted by Gasteiger charge is 2.22. The number of carbonyl (C=O) groups excluding carboxylic acids is 1. The van der Waals surface area contributed by atoms with Gasteiger partial charge in [-0.05, 0) is 31.4 Å². The molecule has 1 fully saturated rings. The first kappa shape index (κ1) is 15.7. The van der Waals surface area contributed by atoms with E-state index < -0.39 is 0 Å². The molecule has 1 aliphatic rings. The van der Waals surface area contributed by atoms with E-state index >= 15 is 0 Å². The quantitative estimate of drug-likeness (QED) is 0.887. The molecule has 0 unspecified atom stereocenters. The summed E-state index contributed by atoms with van der Waals surface area (Å²) in [5.41, 5.74) is 2.18. The summed E-state index contributed by atoms with van der Waals surface area (Å²) in [6.45, 7) is 3.39. The summed E-state index contributed by atoms with van der Waals surface area (Å²) in [6.07, 6.45) is 3.86. The number of aromatic nitrogens is 3. The maximum Gasteiger partial charge on any atom is 0.273 e. The molecule has 1 amide bonds. The molecular formula is C17H22N4O2. The predicted octanol–water partition coefficient (Wildman–Crippen LogP) is 2.13. The van der Waals surface area contributed by atoms with Crippen molar-refractivity contribution in [2.45, 2.75) is 38.7 Å². The second kappa shape index (κ2) is 7.37. The molecule has 6 nitrogen and oxygen atoms in total. The maximum atomic E-state index is 12.5. The molecule has 1 N–H and O–H groups in total. The van der Waals surface area contributed by atoms with Crippen LogP contribution < -0.4 is 5.32 Å². The Labute approximate surface area is 135 Å². The number of amides is 1. The minimum atomic E-state index is -0.175. The van der Waals surface area contributed by atoms with Gasteiger partial charge in [0.25, 0.3) is 5.91 Å². The third-order valence-electron chi connectivity index (χ3n) is 3.98. The lowest BCUT2D eigenvalue weighted by atomic mass is 10.2. The highest BCUT2D eigenvalue weighted by Crippen LogP contribution is 2.15. The van der Waals surface area contributed by atoms with E-state index in [4.69, 9.17) is 4.74 Å². The highest BCUT2D eigenvalue weighted by atomic mass is 16.5. The zero-order valence-electron chi connectivity index (χ0n) is 13.4. The first-order chi connectivity index (χ1) is 11.3. The Morgan fingerprint density at radius 3 is 2.91 bits per heavy atom. The number of carbonyl (C=O) groups is 1. The summed E-state index contributed by atoms with van der Waals surface area (Å²) in [6, 6.07) is 9.77. The van der Waals surface area contributed by atoms with E-state index in [2.05, 4.69) is 22.6 Å². The lowest BCUT2D eigenvalue weighted by Gasteiger charge is -2.11. The first-order valence-corrected chi connectivity index (χ1v) is 8.19. The summed E-state index contributed by atoms with van der Waals surface area (Å²) in [4.78, 5) is 12.5. The fraction of sp³-hybridized carbons (Fsp3) is 0.471.